The molecule has 21 heavy (non-hydrogen) atoms. The fraction of sp³-hybridized carbons (Fsp3) is 0.667. The molecule has 2 atom stereocenters. The number of benzene rings is 1. The minimum Gasteiger partial charge on any atom is -0.312 e. The third-order valence-corrected chi connectivity index (χ3v) is 4.86. The molecule has 2 unspecified atom stereocenters. The molecule has 0 heterocycles. The molecule has 0 aliphatic rings. The molecule has 1 rings (SSSR count). The van der Waals surface area contributed by atoms with Gasteiger partial charge in [0.2, 0.25) is 0 Å². The van der Waals surface area contributed by atoms with Gasteiger partial charge in [-0.15, -0.1) is 0 Å². The molecule has 0 saturated heterocycles. The van der Waals surface area contributed by atoms with Crippen LogP contribution in [0.25, 0.3) is 0 Å². The number of likely N-dealkylation sites (N-methyl/N-ethyl adjacent to an activating group) is 1. The van der Waals surface area contributed by atoms with Crippen molar-refractivity contribution < 1.29 is 4.39 Å². The number of hydrogen-bond acceptors (Lipinski definition) is 2. The van der Waals surface area contributed by atoms with E-state index in [0.29, 0.717) is 6.04 Å². The van der Waals surface area contributed by atoms with Crippen molar-refractivity contribution in [1.29, 1.82) is 0 Å². The van der Waals surface area contributed by atoms with Gasteiger partial charge in [-0.25, -0.2) is 4.39 Å². The Hall–Kier alpha value is -0.930. The van der Waals surface area contributed by atoms with E-state index in [2.05, 4.69) is 45.1 Å². The van der Waals surface area contributed by atoms with Crippen LogP contribution in [-0.2, 0) is 6.42 Å². The van der Waals surface area contributed by atoms with Crippen LogP contribution in [0.5, 0.6) is 0 Å². The second kappa shape index (κ2) is 7.90. The maximum atomic E-state index is 13.3. The molecule has 0 aliphatic heterocycles. The van der Waals surface area contributed by atoms with Gasteiger partial charge < -0.3 is 10.2 Å². The lowest BCUT2D eigenvalue weighted by molar-refractivity contribution is 0.112. The van der Waals surface area contributed by atoms with Gasteiger partial charge in [-0.1, -0.05) is 19.9 Å². The van der Waals surface area contributed by atoms with E-state index in [1.807, 2.05) is 13.0 Å². The van der Waals surface area contributed by atoms with Crippen molar-refractivity contribution >= 4 is 0 Å². The summed E-state index contributed by atoms with van der Waals surface area (Å²) < 4.78 is 13.3. The third kappa shape index (κ3) is 4.52. The van der Waals surface area contributed by atoms with E-state index in [1.165, 1.54) is 5.56 Å². The molecule has 120 valence electrons. The van der Waals surface area contributed by atoms with Gasteiger partial charge in [-0.3, -0.25) is 0 Å². The highest BCUT2D eigenvalue weighted by molar-refractivity contribution is 5.28. The molecule has 1 aromatic rings. The van der Waals surface area contributed by atoms with Crippen molar-refractivity contribution in [3.05, 3.63) is 35.1 Å². The monoisotopic (exact) mass is 294 g/mol. The van der Waals surface area contributed by atoms with Gasteiger partial charge in [0.1, 0.15) is 5.82 Å². The lowest BCUT2D eigenvalue weighted by Gasteiger charge is -2.43. The minimum absolute atomic E-state index is 0.0794. The molecule has 0 radical (unpaired) electrons. The van der Waals surface area contributed by atoms with E-state index >= 15 is 0 Å². The van der Waals surface area contributed by atoms with Gasteiger partial charge in [0, 0.05) is 11.6 Å². The topological polar surface area (TPSA) is 15.3 Å². The third-order valence-electron chi connectivity index (χ3n) is 4.86. The van der Waals surface area contributed by atoms with Crippen LogP contribution < -0.4 is 5.32 Å². The van der Waals surface area contributed by atoms with Gasteiger partial charge >= 0.3 is 0 Å². The zero-order valence-corrected chi connectivity index (χ0v) is 14.5. The number of nitrogens with zero attached hydrogens (tertiary/aromatic N) is 1. The first-order valence-corrected chi connectivity index (χ1v) is 8.01. The van der Waals surface area contributed by atoms with Crippen molar-refractivity contribution in [2.45, 2.75) is 58.5 Å². The molecule has 0 spiro atoms. The Balaban J connectivity index is 3.02. The molecule has 0 aliphatic carbocycles. The summed E-state index contributed by atoms with van der Waals surface area (Å²) in [4.78, 5) is 2.30. The summed E-state index contributed by atoms with van der Waals surface area (Å²) in [5.41, 5.74) is 2.35. The highest BCUT2D eigenvalue weighted by Crippen LogP contribution is 2.25. The Morgan fingerprint density at radius 1 is 1.29 bits per heavy atom. The molecular weight excluding hydrogens is 263 g/mol. The predicted octanol–water partition coefficient (Wildman–Crippen LogP) is 3.78. The van der Waals surface area contributed by atoms with Crippen molar-refractivity contribution in [1.82, 2.24) is 10.2 Å². The molecule has 0 fully saturated rings. The number of halogens is 1. The largest absolute Gasteiger partial charge is 0.312 e. The van der Waals surface area contributed by atoms with E-state index in [0.717, 1.165) is 31.4 Å². The van der Waals surface area contributed by atoms with E-state index in [-0.39, 0.29) is 11.4 Å². The van der Waals surface area contributed by atoms with Gasteiger partial charge in [-0.05, 0) is 77.0 Å². The van der Waals surface area contributed by atoms with Crippen LogP contribution in [-0.4, -0.2) is 37.1 Å². The zero-order valence-electron chi connectivity index (χ0n) is 14.5. The first-order chi connectivity index (χ1) is 9.85. The number of nitrogens with one attached hydrogen (secondary N) is 1. The van der Waals surface area contributed by atoms with E-state index in [4.69, 9.17) is 0 Å². The predicted molar refractivity (Wildman–Crippen MR) is 89.3 cm³/mol. The van der Waals surface area contributed by atoms with Crippen LogP contribution >= 0.6 is 0 Å². The van der Waals surface area contributed by atoms with E-state index in [9.17, 15) is 4.39 Å². The SMILES string of the molecule is CCCNC(Cc1ccc(F)cc1C)C(C)(CC)N(C)C. The molecule has 0 saturated carbocycles. The summed E-state index contributed by atoms with van der Waals surface area (Å²) in [5.74, 6) is -0.153. The van der Waals surface area contributed by atoms with Gasteiger partial charge in [0.15, 0.2) is 0 Å². The van der Waals surface area contributed by atoms with E-state index in [1.54, 1.807) is 12.1 Å². The average Bonchev–Trinajstić information content (AvgIpc) is 2.44. The normalized spacial score (nSPS) is 16.0. The highest BCUT2D eigenvalue weighted by Gasteiger charge is 2.34. The quantitative estimate of drug-likeness (QED) is 0.785. The smallest absolute Gasteiger partial charge is 0.123 e. The second-order valence-electron chi connectivity index (χ2n) is 6.39. The Morgan fingerprint density at radius 3 is 2.43 bits per heavy atom. The van der Waals surface area contributed by atoms with Crippen LogP contribution in [0.4, 0.5) is 4.39 Å². The molecule has 1 aromatic carbocycles. The van der Waals surface area contributed by atoms with Gasteiger partial charge in [-0.2, -0.15) is 0 Å². The minimum atomic E-state index is -0.153. The van der Waals surface area contributed by atoms with Gasteiger partial charge in [0.25, 0.3) is 0 Å². The molecular formula is C18H31FN2. The van der Waals surface area contributed by atoms with Crippen molar-refractivity contribution in [2.75, 3.05) is 20.6 Å². The molecule has 1 N–H and O–H groups in total. The molecule has 0 amide bonds. The lowest BCUT2D eigenvalue weighted by Crippen LogP contribution is -2.58. The molecule has 0 bridgehead atoms. The molecule has 3 heteroatoms. The van der Waals surface area contributed by atoms with Crippen LogP contribution in [0.3, 0.4) is 0 Å². The van der Waals surface area contributed by atoms with Crippen LogP contribution in [0.2, 0.25) is 0 Å². The average molecular weight is 294 g/mol. The van der Waals surface area contributed by atoms with E-state index < -0.39 is 0 Å². The summed E-state index contributed by atoms with van der Waals surface area (Å²) in [5, 5.41) is 3.70. The summed E-state index contributed by atoms with van der Waals surface area (Å²) >= 11 is 0. The molecule has 0 aromatic heterocycles. The van der Waals surface area contributed by atoms with Gasteiger partial charge in [0.05, 0.1) is 0 Å². The Morgan fingerprint density at radius 2 is 1.95 bits per heavy atom. The standard InChI is InChI=1S/C18H31FN2/c1-7-11-20-17(18(4,8-2)21(5)6)13-15-9-10-16(19)12-14(15)3/h9-10,12,17,20H,7-8,11,13H2,1-6H3. The lowest BCUT2D eigenvalue weighted by atomic mass is 9.83. The Bertz CT molecular complexity index is 445. The second-order valence-corrected chi connectivity index (χ2v) is 6.39. The van der Waals surface area contributed by atoms with Crippen LogP contribution in [0.1, 0.15) is 44.7 Å². The fourth-order valence-electron chi connectivity index (χ4n) is 2.81. The summed E-state index contributed by atoms with van der Waals surface area (Å²) in [7, 11) is 4.28. The number of aryl methyl sites for hydroxylation is 1. The first-order valence-electron chi connectivity index (χ1n) is 8.01. The Kier molecular flexibility index (Phi) is 6.82. The first kappa shape index (κ1) is 18.1. The maximum Gasteiger partial charge on any atom is 0.123 e. The van der Waals surface area contributed by atoms with Crippen LogP contribution in [0.15, 0.2) is 18.2 Å². The fourth-order valence-corrected chi connectivity index (χ4v) is 2.81. The van der Waals surface area contributed by atoms with Crippen molar-refractivity contribution in [3.8, 4) is 0 Å². The molecule has 2 nitrogen and oxygen atoms in total. The van der Waals surface area contributed by atoms with Crippen molar-refractivity contribution in [3.63, 3.8) is 0 Å². The number of rotatable bonds is 8. The Labute approximate surface area is 129 Å². The summed E-state index contributed by atoms with van der Waals surface area (Å²) in [6, 6.07) is 5.47. The van der Waals surface area contributed by atoms with Crippen molar-refractivity contribution in [2.24, 2.45) is 0 Å². The highest BCUT2D eigenvalue weighted by atomic mass is 19.1. The zero-order chi connectivity index (χ0) is 16.0. The maximum absolute atomic E-state index is 13.3. The van der Waals surface area contributed by atoms with Crippen LogP contribution in [0, 0.1) is 12.7 Å². The number of hydrogen-bond donors (Lipinski definition) is 1. The summed E-state index contributed by atoms with van der Waals surface area (Å²) in [6.07, 6.45) is 3.11. The summed E-state index contributed by atoms with van der Waals surface area (Å²) in [6.45, 7) is 9.73.